The number of nitrogens with one attached hydrogen (secondary N) is 2. The Hall–Kier alpha value is -0.710. The summed E-state index contributed by atoms with van der Waals surface area (Å²) < 4.78 is 0. The van der Waals surface area contributed by atoms with E-state index in [1.165, 1.54) is 37.9 Å². The molecule has 0 unspecified atom stereocenters. The fourth-order valence-corrected chi connectivity index (χ4v) is 4.28. The molecule has 5 heteroatoms. The quantitative estimate of drug-likeness (QED) is 0.766. The molecule has 0 aromatic carbocycles. The Labute approximate surface area is 125 Å². The van der Waals surface area contributed by atoms with E-state index in [1.807, 2.05) is 11.8 Å². The molecule has 3 aliphatic rings. The van der Waals surface area contributed by atoms with Crippen molar-refractivity contribution < 1.29 is 4.79 Å². The highest BCUT2D eigenvalue weighted by Crippen LogP contribution is 2.36. The lowest BCUT2D eigenvalue weighted by atomic mass is 9.83. The van der Waals surface area contributed by atoms with Crippen LogP contribution in [0.25, 0.3) is 0 Å². The first-order chi connectivity index (χ1) is 9.76. The zero-order chi connectivity index (χ0) is 13.8. The molecule has 3 rings (SSSR count). The molecule has 1 amide bonds. The second-order valence-corrected chi connectivity index (χ2v) is 7.35. The fourth-order valence-electron chi connectivity index (χ4n) is 3.04. The Morgan fingerprint density at radius 3 is 2.90 bits per heavy atom. The van der Waals surface area contributed by atoms with E-state index in [-0.39, 0.29) is 5.91 Å². The van der Waals surface area contributed by atoms with Crippen LogP contribution >= 0.6 is 11.8 Å². The molecule has 0 atom stereocenters. The van der Waals surface area contributed by atoms with E-state index in [2.05, 4.69) is 15.6 Å². The van der Waals surface area contributed by atoms with Crippen molar-refractivity contribution in [1.82, 2.24) is 10.6 Å². The SMILES string of the molecule is O=C(CCCN=C1NC2(CCCCC2)CS1)NC1CC1. The van der Waals surface area contributed by atoms with E-state index in [1.54, 1.807) is 0 Å². The third kappa shape index (κ3) is 3.90. The van der Waals surface area contributed by atoms with Crippen LogP contribution in [-0.4, -0.2) is 35.0 Å². The standard InChI is InChI=1S/C15H25N3OS/c19-13(17-12-6-7-12)5-4-10-16-14-18-15(11-20-14)8-2-1-3-9-15/h12H,1-11H2,(H,16,18)(H,17,19). The van der Waals surface area contributed by atoms with Crippen molar-refractivity contribution in [2.45, 2.75) is 69.4 Å². The summed E-state index contributed by atoms with van der Waals surface area (Å²) in [6.45, 7) is 0.767. The van der Waals surface area contributed by atoms with Gasteiger partial charge in [-0.2, -0.15) is 0 Å². The number of thioether (sulfide) groups is 1. The minimum atomic E-state index is 0.198. The summed E-state index contributed by atoms with van der Waals surface area (Å²) in [5.74, 6) is 1.37. The lowest BCUT2D eigenvalue weighted by molar-refractivity contribution is -0.121. The number of aliphatic imine (C=N–C) groups is 1. The highest BCUT2D eigenvalue weighted by atomic mass is 32.2. The van der Waals surface area contributed by atoms with Gasteiger partial charge in [0.05, 0.1) is 0 Å². The van der Waals surface area contributed by atoms with Crippen LogP contribution in [0.5, 0.6) is 0 Å². The molecule has 0 aromatic rings. The summed E-state index contributed by atoms with van der Waals surface area (Å²) >= 11 is 1.87. The monoisotopic (exact) mass is 295 g/mol. The number of amidine groups is 1. The average molecular weight is 295 g/mol. The Morgan fingerprint density at radius 1 is 1.35 bits per heavy atom. The maximum Gasteiger partial charge on any atom is 0.220 e. The van der Waals surface area contributed by atoms with Crippen LogP contribution in [0.3, 0.4) is 0 Å². The molecule has 4 nitrogen and oxygen atoms in total. The molecule has 2 saturated carbocycles. The van der Waals surface area contributed by atoms with Gasteiger partial charge in [-0.05, 0) is 32.1 Å². The molecule has 20 heavy (non-hydrogen) atoms. The van der Waals surface area contributed by atoms with Gasteiger partial charge in [0.25, 0.3) is 0 Å². The van der Waals surface area contributed by atoms with E-state index >= 15 is 0 Å². The Morgan fingerprint density at radius 2 is 2.15 bits per heavy atom. The number of hydrogen-bond donors (Lipinski definition) is 2. The normalized spacial score (nSPS) is 26.7. The molecule has 0 radical (unpaired) electrons. The van der Waals surface area contributed by atoms with Crippen molar-refractivity contribution >= 4 is 22.8 Å². The van der Waals surface area contributed by atoms with Gasteiger partial charge in [-0.3, -0.25) is 9.79 Å². The van der Waals surface area contributed by atoms with Gasteiger partial charge >= 0.3 is 0 Å². The van der Waals surface area contributed by atoms with Crippen molar-refractivity contribution in [2.24, 2.45) is 4.99 Å². The molecule has 0 aromatic heterocycles. The van der Waals surface area contributed by atoms with E-state index in [4.69, 9.17) is 0 Å². The van der Waals surface area contributed by atoms with Gasteiger partial charge in [-0.25, -0.2) is 0 Å². The molecule has 1 spiro atoms. The lowest BCUT2D eigenvalue weighted by Crippen LogP contribution is -2.45. The van der Waals surface area contributed by atoms with Gasteiger partial charge in [0, 0.05) is 30.3 Å². The van der Waals surface area contributed by atoms with Gasteiger partial charge in [0.2, 0.25) is 5.91 Å². The summed E-state index contributed by atoms with van der Waals surface area (Å²) in [6.07, 6.45) is 10.5. The first-order valence-electron chi connectivity index (χ1n) is 8.01. The molecule has 3 fully saturated rings. The van der Waals surface area contributed by atoms with Gasteiger partial charge in [0.15, 0.2) is 5.17 Å². The number of nitrogens with zero attached hydrogens (tertiary/aromatic N) is 1. The van der Waals surface area contributed by atoms with Crippen LogP contribution in [0, 0.1) is 0 Å². The van der Waals surface area contributed by atoms with Crippen molar-refractivity contribution in [2.75, 3.05) is 12.3 Å². The second kappa shape index (κ2) is 6.37. The van der Waals surface area contributed by atoms with Crippen LogP contribution in [0.2, 0.25) is 0 Å². The van der Waals surface area contributed by atoms with Crippen LogP contribution in [0.15, 0.2) is 4.99 Å². The minimum absolute atomic E-state index is 0.198. The number of amides is 1. The third-order valence-corrected chi connectivity index (χ3v) is 5.63. The zero-order valence-corrected chi connectivity index (χ0v) is 12.9. The summed E-state index contributed by atoms with van der Waals surface area (Å²) in [6, 6.07) is 0.479. The first kappa shape index (κ1) is 14.2. The van der Waals surface area contributed by atoms with Crippen LogP contribution in [-0.2, 0) is 4.79 Å². The molecule has 1 saturated heterocycles. The smallest absolute Gasteiger partial charge is 0.220 e. The van der Waals surface area contributed by atoms with Crippen LogP contribution < -0.4 is 10.6 Å². The van der Waals surface area contributed by atoms with E-state index < -0.39 is 0 Å². The third-order valence-electron chi connectivity index (χ3n) is 4.43. The van der Waals surface area contributed by atoms with E-state index in [0.29, 0.717) is 18.0 Å². The first-order valence-corrected chi connectivity index (χ1v) is 8.99. The summed E-state index contributed by atoms with van der Waals surface area (Å²) in [4.78, 5) is 16.2. The van der Waals surface area contributed by atoms with Crippen molar-refractivity contribution in [3.63, 3.8) is 0 Å². The predicted octanol–water partition coefficient (Wildman–Crippen LogP) is 2.44. The van der Waals surface area contributed by atoms with Gasteiger partial charge in [0.1, 0.15) is 0 Å². The lowest BCUT2D eigenvalue weighted by Gasteiger charge is -2.32. The fraction of sp³-hybridized carbons (Fsp3) is 0.867. The summed E-state index contributed by atoms with van der Waals surface area (Å²) in [5, 5.41) is 7.78. The summed E-state index contributed by atoms with van der Waals surface area (Å²) in [5.41, 5.74) is 0.338. The number of hydrogen-bond acceptors (Lipinski definition) is 3. The number of carbonyl (C=O) groups excluding carboxylic acids is 1. The molecule has 1 heterocycles. The molecule has 0 bridgehead atoms. The minimum Gasteiger partial charge on any atom is -0.359 e. The largest absolute Gasteiger partial charge is 0.359 e. The predicted molar refractivity (Wildman–Crippen MR) is 84.1 cm³/mol. The molecule has 1 aliphatic heterocycles. The maximum atomic E-state index is 11.6. The second-order valence-electron chi connectivity index (χ2n) is 6.39. The Balaban J connectivity index is 1.35. The highest BCUT2D eigenvalue weighted by molar-refractivity contribution is 8.14. The maximum absolute atomic E-state index is 11.6. The Kier molecular flexibility index (Phi) is 4.54. The highest BCUT2D eigenvalue weighted by Gasteiger charge is 2.37. The molecular weight excluding hydrogens is 270 g/mol. The zero-order valence-electron chi connectivity index (χ0n) is 12.1. The van der Waals surface area contributed by atoms with Gasteiger partial charge in [-0.15, -0.1) is 0 Å². The number of rotatable bonds is 5. The van der Waals surface area contributed by atoms with Crippen LogP contribution in [0.1, 0.15) is 57.8 Å². The molecule has 112 valence electrons. The Bertz CT molecular complexity index is 387. The van der Waals surface area contributed by atoms with Crippen molar-refractivity contribution in [1.29, 1.82) is 0 Å². The van der Waals surface area contributed by atoms with Crippen LogP contribution in [0.4, 0.5) is 0 Å². The van der Waals surface area contributed by atoms with Gasteiger partial charge < -0.3 is 10.6 Å². The molecule has 2 N–H and O–H groups in total. The number of carbonyl (C=O) groups is 1. The molecule has 2 aliphatic carbocycles. The summed E-state index contributed by atoms with van der Waals surface area (Å²) in [7, 11) is 0. The molecular formula is C15H25N3OS. The van der Waals surface area contributed by atoms with Crippen molar-refractivity contribution in [3.8, 4) is 0 Å². The van der Waals surface area contributed by atoms with Crippen molar-refractivity contribution in [3.05, 3.63) is 0 Å². The van der Waals surface area contributed by atoms with E-state index in [9.17, 15) is 4.79 Å². The van der Waals surface area contributed by atoms with Gasteiger partial charge in [-0.1, -0.05) is 31.0 Å². The van der Waals surface area contributed by atoms with E-state index in [0.717, 1.165) is 31.0 Å². The topological polar surface area (TPSA) is 53.5 Å². The average Bonchev–Trinajstić information content (AvgIpc) is 3.18.